The van der Waals surface area contributed by atoms with Crippen molar-refractivity contribution in [1.29, 1.82) is 0 Å². The highest BCUT2D eigenvalue weighted by molar-refractivity contribution is 6.33. The Labute approximate surface area is 273 Å². The highest BCUT2D eigenvalue weighted by Gasteiger charge is 2.41. The van der Waals surface area contributed by atoms with Gasteiger partial charge >= 0.3 is 6.09 Å². The largest absolute Gasteiger partial charge is 0.492 e. The number of aromatic nitrogens is 4. The van der Waals surface area contributed by atoms with Gasteiger partial charge in [0.25, 0.3) is 0 Å². The Balaban J connectivity index is 1.16. The normalized spacial score (nSPS) is 16.5. The van der Waals surface area contributed by atoms with Crippen molar-refractivity contribution in [2.75, 3.05) is 39.3 Å². The number of carbonyl (C=O) groups is 1. The van der Waals surface area contributed by atoms with Crippen LogP contribution in [-0.4, -0.2) is 85.9 Å². The van der Waals surface area contributed by atoms with E-state index < -0.39 is 5.60 Å². The molecular weight excluding hydrogens is 615 g/mol. The van der Waals surface area contributed by atoms with Gasteiger partial charge in [0.1, 0.15) is 35.7 Å². The van der Waals surface area contributed by atoms with Gasteiger partial charge < -0.3 is 23.7 Å². The lowest BCUT2D eigenvalue weighted by Crippen LogP contribution is -2.50. The van der Waals surface area contributed by atoms with Crippen LogP contribution in [0.25, 0.3) is 22.6 Å². The first kappa shape index (κ1) is 31.4. The number of piperazine rings is 1. The number of hydrogen-bond donors (Lipinski definition) is 0. The van der Waals surface area contributed by atoms with Crippen molar-refractivity contribution in [3.8, 4) is 23.0 Å². The molecule has 0 unspecified atom stereocenters. The number of imidazole rings is 1. The minimum Gasteiger partial charge on any atom is -0.492 e. The maximum Gasteiger partial charge on any atom is 0.410 e. The molecule has 0 N–H and O–H groups in total. The van der Waals surface area contributed by atoms with E-state index in [9.17, 15) is 4.79 Å². The van der Waals surface area contributed by atoms with Gasteiger partial charge in [-0.25, -0.2) is 14.8 Å². The van der Waals surface area contributed by atoms with Gasteiger partial charge in [0.05, 0.1) is 11.6 Å². The molecule has 1 saturated heterocycles. The van der Waals surface area contributed by atoms with E-state index in [0.29, 0.717) is 64.9 Å². The molecular formula is C33H38Cl2N6O4. The van der Waals surface area contributed by atoms with E-state index in [1.54, 1.807) is 4.90 Å². The summed E-state index contributed by atoms with van der Waals surface area (Å²) in [7, 11) is 0. The molecule has 3 heterocycles. The van der Waals surface area contributed by atoms with E-state index in [-0.39, 0.29) is 11.7 Å². The first-order valence-electron chi connectivity index (χ1n) is 15.2. The Morgan fingerprint density at radius 2 is 1.80 bits per heavy atom. The van der Waals surface area contributed by atoms with Crippen LogP contribution in [0, 0.1) is 0 Å². The van der Waals surface area contributed by atoms with Crippen molar-refractivity contribution < 1.29 is 19.0 Å². The summed E-state index contributed by atoms with van der Waals surface area (Å²) in [5.41, 5.74) is 2.27. The lowest BCUT2D eigenvalue weighted by atomic mass is 10.2. The molecule has 0 atom stereocenters. The number of amides is 1. The summed E-state index contributed by atoms with van der Waals surface area (Å²) in [6.45, 7) is 12.2. The monoisotopic (exact) mass is 652 g/mol. The molecule has 0 spiro atoms. The molecule has 2 fully saturated rings. The van der Waals surface area contributed by atoms with Crippen LogP contribution in [-0.2, 0) is 11.3 Å². The summed E-state index contributed by atoms with van der Waals surface area (Å²) in [5.74, 6) is 1.78. The predicted octanol–water partition coefficient (Wildman–Crippen LogP) is 6.71. The molecule has 1 amide bonds. The molecule has 1 saturated carbocycles. The second-order valence-electron chi connectivity index (χ2n) is 12.9. The zero-order chi connectivity index (χ0) is 31.8. The van der Waals surface area contributed by atoms with Gasteiger partial charge in [-0.1, -0.05) is 35.3 Å². The van der Waals surface area contributed by atoms with Gasteiger partial charge in [-0.15, -0.1) is 0 Å². The molecule has 2 aromatic carbocycles. The van der Waals surface area contributed by atoms with E-state index >= 15 is 0 Å². The molecule has 2 aliphatic rings. The highest BCUT2D eigenvalue weighted by atomic mass is 35.5. The topological polar surface area (TPSA) is 94.8 Å². The Hall–Kier alpha value is -3.60. The van der Waals surface area contributed by atoms with Crippen molar-refractivity contribution in [3.05, 3.63) is 64.4 Å². The van der Waals surface area contributed by atoms with Crippen molar-refractivity contribution in [2.45, 2.75) is 58.3 Å². The van der Waals surface area contributed by atoms with Crippen LogP contribution in [0.1, 0.15) is 46.1 Å². The van der Waals surface area contributed by atoms with Crippen molar-refractivity contribution >= 4 is 40.5 Å². The first-order valence-corrected chi connectivity index (χ1v) is 16.0. The van der Waals surface area contributed by atoms with Gasteiger partial charge in [0.15, 0.2) is 11.2 Å². The van der Waals surface area contributed by atoms with E-state index in [0.717, 1.165) is 43.6 Å². The zero-order valence-electron chi connectivity index (χ0n) is 26.1. The van der Waals surface area contributed by atoms with Crippen LogP contribution < -0.4 is 9.47 Å². The second-order valence-corrected chi connectivity index (χ2v) is 13.7. The molecule has 10 nitrogen and oxygen atoms in total. The van der Waals surface area contributed by atoms with Gasteiger partial charge in [-0.05, 0) is 76.4 Å². The Morgan fingerprint density at radius 1 is 1.02 bits per heavy atom. The fraction of sp³-hybridized carbons (Fsp3) is 0.455. The molecule has 12 heteroatoms. The van der Waals surface area contributed by atoms with Gasteiger partial charge in [-0.3, -0.25) is 4.90 Å². The zero-order valence-corrected chi connectivity index (χ0v) is 27.6. The van der Waals surface area contributed by atoms with E-state index in [4.69, 9.17) is 42.4 Å². The minimum absolute atomic E-state index is 0.222. The Kier molecular flexibility index (Phi) is 8.83. The number of rotatable bonds is 9. The molecule has 1 aliphatic carbocycles. The second kappa shape index (κ2) is 12.7. The van der Waals surface area contributed by atoms with E-state index in [1.165, 1.54) is 6.33 Å². The third-order valence-electron chi connectivity index (χ3n) is 7.91. The maximum atomic E-state index is 12.4. The molecule has 2 aromatic heterocycles. The molecule has 4 aromatic rings. The Bertz CT molecular complexity index is 1690. The molecule has 238 valence electrons. The summed E-state index contributed by atoms with van der Waals surface area (Å²) < 4.78 is 19.8. The fourth-order valence-electron chi connectivity index (χ4n) is 5.22. The molecule has 0 bridgehead atoms. The van der Waals surface area contributed by atoms with Crippen LogP contribution in [0.4, 0.5) is 4.79 Å². The predicted molar refractivity (Wildman–Crippen MR) is 174 cm³/mol. The van der Waals surface area contributed by atoms with E-state index in [2.05, 4.69) is 21.8 Å². The molecule has 45 heavy (non-hydrogen) atoms. The number of hydrogen-bond acceptors (Lipinski definition) is 8. The summed E-state index contributed by atoms with van der Waals surface area (Å²) in [5, 5.41) is 1.16. The van der Waals surface area contributed by atoms with Crippen LogP contribution in [0.3, 0.4) is 0 Å². The molecule has 1 aliphatic heterocycles. The number of nitrogens with zero attached hydrogens (tertiary/aromatic N) is 6. The number of carbonyl (C=O) groups excluding carboxylic acids is 1. The lowest BCUT2D eigenvalue weighted by molar-refractivity contribution is 0.0137. The molecule has 6 rings (SSSR count). The fourth-order valence-corrected chi connectivity index (χ4v) is 5.68. The summed E-state index contributed by atoms with van der Waals surface area (Å²) in [4.78, 5) is 30.4. The van der Waals surface area contributed by atoms with Crippen LogP contribution in [0.15, 0.2) is 48.8 Å². The first-order chi connectivity index (χ1) is 21.5. The maximum absolute atomic E-state index is 12.4. The van der Waals surface area contributed by atoms with Gasteiger partial charge in [-0.2, -0.15) is 4.98 Å². The third-order valence-corrected chi connectivity index (χ3v) is 8.45. The van der Waals surface area contributed by atoms with Crippen molar-refractivity contribution in [2.24, 2.45) is 0 Å². The highest BCUT2D eigenvalue weighted by Crippen LogP contribution is 2.41. The average molecular weight is 654 g/mol. The lowest BCUT2D eigenvalue weighted by Gasteiger charge is -2.35. The smallest absolute Gasteiger partial charge is 0.410 e. The average Bonchev–Trinajstić information content (AvgIpc) is 3.60. The quantitative estimate of drug-likeness (QED) is 0.197. The number of fused-ring (bicyclic) bond motifs is 1. The summed E-state index contributed by atoms with van der Waals surface area (Å²) in [6.07, 6.45) is 3.20. The number of ether oxygens (including phenoxy) is 3. The number of benzene rings is 2. The Morgan fingerprint density at radius 3 is 2.49 bits per heavy atom. The van der Waals surface area contributed by atoms with Crippen molar-refractivity contribution in [3.63, 3.8) is 0 Å². The number of halogens is 2. The minimum atomic E-state index is -0.498. The third kappa shape index (κ3) is 7.62. The van der Waals surface area contributed by atoms with Gasteiger partial charge in [0.2, 0.25) is 5.88 Å². The van der Waals surface area contributed by atoms with Crippen LogP contribution >= 0.6 is 23.2 Å². The summed E-state index contributed by atoms with van der Waals surface area (Å²) in [6, 6.07) is 13.4. The van der Waals surface area contributed by atoms with Crippen molar-refractivity contribution in [1.82, 2.24) is 29.3 Å². The van der Waals surface area contributed by atoms with E-state index in [1.807, 2.05) is 67.8 Å². The molecule has 0 radical (unpaired) electrons. The van der Waals surface area contributed by atoms with Crippen LogP contribution in [0.5, 0.6) is 11.6 Å². The SMILES string of the molecule is CC(C)(C)OC(=O)N1CCN(CCOc2ccc(-c3nc4c(OC5(C)CC5)ncnc4n3Cc3cccc(Cl)c3)c(Cl)c2)CC1. The van der Waals surface area contributed by atoms with Gasteiger partial charge in [0, 0.05) is 43.3 Å². The standard InChI is InChI=1S/C33H38Cl2N6O4/c1-32(2,3)45-31(42)40-14-12-39(13-15-40)16-17-43-24-8-9-25(26(35)19-24)28-38-27-29(36-21-37-30(27)44-33(4)10-11-33)41(28)20-22-6-5-7-23(34)18-22/h5-9,18-19,21H,10-17,20H2,1-4H3. The summed E-state index contributed by atoms with van der Waals surface area (Å²) >= 11 is 13.2. The van der Waals surface area contributed by atoms with Crippen LogP contribution in [0.2, 0.25) is 10.0 Å².